The minimum absolute atomic E-state index is 0.165. The topological polar surface area (TPSA) is 90.1 Å². The second-order valence-electron chi connectivity index (χ2n) is 4.14. The third-order valence-corrected chi connectivity index (χ3v) is 3.75. The third kappa shape index (κ3) is 2.31. The van der Waals surface area contributed by atoms with Gasteiger partial charge in [0, 0.05) is 16.0 Å². The molecule has 3 rings (SSSR count). The summed E-state index contributed by atoms with van der Waals surface area (Å²) in [6, 6.07) is 2.94. The second kappa shape index (κ2) is 5.28. The van der Waals surface area contributed by atoms with Crippen LogP contribution in [0.2, 0.25) is 0 Å². The van der Waals surface area contributed by atoms with Crippen LogP contribution in [0.1, 0.15) is 10.4 Å². The Morgan fingerprint density at radius 1 is 1.38 bits per heavy atom. The number of aromatic carboxylic acids is 1. The monoisotopic (exact) mass is 396 g/mol. The number of ether oxygens (including phenoxy) is 1. The molecule has 0 saturated heterocycles. The van der Waals surface area contributed by atoms with Gasteiger partial charge >= 0.3 is 5.97 Å². The largest absolute Gasteiger partial charge is 0.480 e. The zero-order chi connectivity index (χ0) is 15.0. The molecular formula is C13H9IN4O3. The highest BCUT2D eigenvalue weighted by Gasteiger charge is 2.16. The molecule has 1 N–H and O–H groups in total. The molecule has 7 nitrogen and oxygen atoms in total. The summed E-state index contributed by atoms with van der Waals surface area (Å²) in [4.78, 5) is 23.6. The molecule has 8 heteroatoms. The van der Waals surface area contributed by atoms with E-state index in [9.17, 15) is 4.79 Å². The number of aromatic nitrogens is 4. The number of rotatable bonds is 3. The maximum absolute atomic E-state index is 11.1. The molecule has 0 aliphatic carbocycles. The first-order valence-corrected chi connectivity index (χ1v) is 6.95. The molecule has 0 radical (unpaired) electrons. The summed E-state index contributed by atoms with van der Waals surface area (Å²) in [6.45, 7) is 0. The van der Waals surface area contributed by atoms with Crippen LogP contribution >= 0.6 is 22.6 Å². The molecule has 21 heavy (non-hydrogen) atoms. The predicted molar refractivity (Wildman–Crippen MR) is 82.9 cm³/mol. The highest BCUT2D eigenvalue weighted by Crippen LogP contribution is 2.29. The van der Waals surface area contributed by atoms with E-state index >= 15 is 0 Å². The number of halogens is 1. The lowest BCUT2D eigenvalue weighted by Crippen LogP contribution is -2.02. The van der Waals surface area contributed by atoms with E-state index in [1.54, 1.807) is 11.7 Å². The molecule has 0 aliphatic heterocycles. The highest BCUT2D eigenvalue weighted by atomic mass is 127. The molecule has 0 aliphatic rings. The number of hydrogen-bond acceptors (Lipinski definition) is 5. The summed E-state index contributed by atoms with van der Waals surface area (Å²) < 4.78 is 7.84. The van der Waals surface area contributed by atoms with Gasteiger partial charge in [0.25, 0.3) is 0 Å². The normalized spacial score (nSPS) is 10.8. The SMILES string of the molecule is COc1ncnc2c1c(I)cn2-c1cc(C(=O)O)ccn1. The molecule has 0 unspecified atom stereocenters. The quantitative estimate of drug-likeness (QED) is 0.683. The first-order valence-electron chi connectivity index (χ1n) is 5.87. The Hall–Kier alpha value is -2.23. The maximum Gasteiger partial charge on any atom is 0.335 e. The van der Waals surface area contributed by atoms with Gasteiger partial charge in [-0.05, 0) is 34.7 Å². The van der Waals surface area contributed by atoms with Crippen LogP contribution in [0.5, 0.6) is 5.88 Å². The number of methoxy groups -OCH3 is 1. The fourth-order valence-electron chi connectivity index (χ4n) is 2.00. The van der Waals surface area contributed by atoms with Gasteiger partial charge in [0.15, 0.2) is 5.65 Å². The predicted octanol–water partition coefficient (Wildman–Crippen LogP) is 2.13. The van der Waals surface area contributed by atoms with Crippen molar-refractivity contribution >= 4 is 39.6 Å². The van der Waals surface area contributed by atoms with E-state index in [1.807, 2.05) is 6.20 Å². The van der Waals surface area contributed by atoms with E-state index in [1.165, 1.54) is 24.7 Å². The van der Waals surface area contributed by atoms with E-state index in [4.69, 9.17) is 9.84 Å². The third-order valence-electron chi connectivity index (χ3n) is 2.93. The number of carboxylic acid groups (broad SMARTS) is 1. The van der Waals surface area contributed by atoms with Gasteiger partial charge in [-0.3, -0.25) is 4.57 Å². The van der Waals surface area contributed by atoms with Crippen molar-refractivity contribution in [1.29, 1.82) is 0 Å². The van der Waals surface area contributed by atoms with Crippen LogP contribution in [0.15, 0.2) is 30.9 Å². The Bertz CT molecular complexity index is 847. The first-order chi connectivity index (χ1) is 10.1. The Morgan fingerprint density at radius 3 is 2.90 bits per heavy atom. The molecule has 0 saturated carbocycles. The summed E-state index contributed by atoms with van der Waals surface area (Å²) >= 11 is 2.15. The van der Waals surface area contributed by atoms with Crippen LogP contribution in [0.3, 0.4) is 0 Å². The van der Waals surface area contributed by atoms with Gasteiger partial charge in [-0.25, -0.2) is 19.7 Å². The van der Waals surface area contributed by atoms with Crippen molar-refractivity contribution in [2.75, 3.05) is 7.11 Å². The van der Waals surface area contributed by atoms with Crippen LogP contribution in [-0.2, 0) is 0 Å². The lowest BCUT2D eigenvalue weighted by molar-refractivity contribution is 0.0696. The zero-order valence-electron chi connectivity index (χ0n) is 10.8. The van der Waals surface area contributed by atoms with E-state index in [2.05, 4.69) is 37.5 Å². The van der Waals surface area contributed by atoms with Gasteiger partial charge in [0.2, 0.25) is 5.88 Å². The van der Waals surface area contributed by atoms with Gasteiger partial charge in [-0.15, -0.1) is 0 Å². The number of hydrogen-bond donors (Lipinski definition) is 1. The number of carboxylic acids is 1. The Morgan fingerprint density at radius 2 is 2.19 bits per heavy atom. The molecule has 106 valence electrons. The minimum Gasteiger partial charge on any atom is -0.480 e. The molecule has 0 amide bonds. The Balaban J connectivity index is 2.26. The van der Waals surface area contributed by atoms with Crippen LogP contribution in [0.25, 0.3) is 16.9 Å². The maximum atomic E-state index is 11.1. The van der Waals surface area contributed by atoms with Crippen molar-refractivity contribution in [2.24, 2.45) is 0 Å². The van der Waals surface area contributed by atoms with Gasteiger partial charge in [0.05, 0.1) is 18.1 Å². The van der Waals surface area contributed by atoms with E-state index in [0.717, 1.165) is 8.96 Å². The van der Waals surface area contributed by atoms with Crippen molar-refractivity contribution in [1.82, 2.24) is 19.5 Å². The highest BCUT2D eigenvalue weighted by molar-refractivity contribution is 14.1. The summed E-state index contributed by atoms with van der Waals surface area (Å²) in [5.74, 6) is -0.0573. The minimum atomic E-state index is -1.00. The Kier molecular flexibility index (Phi) is 3.45. The van der Waals surface area contributed by atoms with Crippen LogP contribution in [0, 0.1) is 3.57 Å². The van der Waals surface area contributed by atoms with E-state index < -0.39 is 5.97 Å². The zero-order valence-corrected chi connectivity index (χ0v) is 13.0. The molecule has 3 aromatic rings. The van der Waals surface area contributed by atoms with Crippen molar-refractivity contribution in [3.05, 3.63) is 40.0 Å². The van der Waals surface area contributed by atoms with Crippen molar-refractivity contribution in [3.63, 3.8) is 0 Å². The fraction of sp³-hybridized carbons (Fsp3) is 0.0769. The summed E-state index contributed by atoms with van der Waals surface area (Å²) in [5.41, 5.74) is 0.777. The van der Waals surface area contributed by atoms with Crippen molar-refractivity contribution in [3.8, 4) is 11.7 Å². The number of carbonyl (C=O) groups is 1. The summed E-state index contributed by atoms with van der Waals surface area (Å²) in [7, 11) is 1.54. The van der Waals surface area contributed by atoms with Crippen LogP contribution in [-0.4, -0.2) is 37.7 Å². The van der Waals surface area contributed by atoms with Crippen molar-refractivity contribution < 1.29 is 14.6 Å². The lowest BCUT2D eigenvalue weighted by atomic mass is 10.2. The van der Waals surface area contributed by atoms with E-state index in [0.29, 0.717) is 17.3 Å². The second-order valence-corrected chi connectivity index (χ2v) is 5.30. The van der Waals surface area contributed by atoms with E-state index in [-0.39, 0.29) is 5.56 Å². The van der Waals surface area contributed by atoms with Gasteiger partial charge in [-0.1, -0.05) is 0 Å². The number of nitrogens with zero attached hydrogens (tertiary/aromatic N) is 4. The molecule has 0 atom stereocenters. The summed E-state index contributed by atoms with van der Waals surface area (Å²) in [6.07, 6.45) is 4.67. The molecule has 0 fully saturated rings. The standard InChI is InChI=1S/C13H9IN4O3/c1-21-12-10-8(14)5-18(11(10)16-6-17-12)9-4-7(13(19)20)2-3-15-9/h2-6H,1H3,(H,19,20). The molecule has 3 aromatic heterocycles. The van der Waals surface area contributed by atoms with Crippen LogP contribution in [0.4, 0.5) is 0 Å². The lowest BCUT2D eigenvalue weighted by Gasteiger charge is -2.05. The number of fused-ring (bicyclic) bond motifs is 1. The molecule has 3 heterocycles. The molecular weight excluding hydrogens is 387 g/mol. The van der Waals surface area contributed by atoms with Crippen molar-refractivity contribution in [2.45, 2.75) is 0 Å². The fourth-order valence-corrected chi connectivity index (χ4v) is 2.75. The first kappa shape index (κ1) is 13.7. The van der Waals surface area contributed by atoms with Crippen LogP contribution < -0.4 is 4.74 Å². The smallest absolute Gasteiger partial charge is 0.335 e. The summed E-state index contributed by atoms with van der Waals surface area (Å²) in [5, 5.41) is 9.84. The van der Waals surface area contributed by atoms with Gasteiger partial charge in [0.1, 0.15) is 12.1 Å². The molecule has 0 bridgehead atoms. The average molecular weight is 396 g/mol. The van der Waals surface area contributed by atoms with Gasteiger partial charge in [-0.2, -0.15) is 0 Å². The average Bonchev–Trinajstić information content (AvgIpc) is 2.85. The van der Waals surface area contributed by atoms with Gasteiger partial charge < -0.3 is 9.84 Å². The molecule has 0 spiro atoms. The molecule has 0 aromatic carbocycles. The Labute approximate surface area is 132 Å². The number of pyridine rings is 1.